The fraction of sp³-hybridized carbons (Fsp3) is 0.500. The van der Waals surface area contributed by atoms with Gasteiger partial charge in [-0.3, -0.25) is 4.79 Å². The number of halogens is 2. The Morgan fingerprint density at radius 1 is 1.25 bits per heavy atom. The van der Waals surface area contributed by atoms with E-state index in [-0.39, 0.29) is 17.6 Å². The minimum atomic E-state index is -2.91. The molecule has 0 heterocycles. The summed E-state index contributed by atoms with van der Waals surface area (Å²) in [5.74, 6) is -0.275. The van der Waals surface area contributed by atoms with E-state index in [0.29, 0.717) is 5.56 Å². The highest BCUT2D eigenvalue weighted by molar-refractivity contribution is 5.82. The van der Waals surface area contributed by atoms with Gasteiger partial charge in [-0.25, -0.2) is 0 Å². The Balaban J connectivity index is 2.82. The number of alkyl halides is 2. The number of nitrogens with two attached hydrogens (primary N) is 1. The number of nitrogens with one attached hydrogen (secondary N) is 1. The van der Waals surface area contributed by atoms with Crippen LogP contribution < -0.4 is 15.8 Å². The molecule has 20 heavy (non-hydrogen) atoms. The van der Waals surface area contributed by atoms with E-state index in [1.54, 1.807) is 25.1 Å². The summed E-state index contributed by atoms with van der Waals surface area (Å²) in [5, 5.41) is 2.70. The van der Waals surface area contributed by atoms with Crippen LogP contribution in [0, 0.1) is 5.92 Å². The minimum Gasteiger partial charge on any atom is -0.434 e. The van der Waals surface area contributed by atoms with E-state index in [1.807, 2.05) is 13.8 Å². The van der Waals surface area contributed by atoms with Crippen molar-refractivity contribution in [2.45, 2.75) is 39.5 Å². The lowest BCUT2D eigenvalue weighted by Crippen LogP contribution is -2.44. The van der Waals surface area contributed by atoms with Crippen molar-refractivity contribution in [2.24, 2.45) is 11.7 Å². The third-order valence-corrected chi connectivity index (χ3v) is 2.98. The molecule has 2 atom stereocenters. The maximum absolute atomic E-state index is 12.3. The van der Waals surface area contributed by atoms with Crippen molar-refractivity contribution in [2.75, 3.05) is 0 Å². The molecule has 6 heteroatoms. The van der Waals surface area contributed by atoms with Crippen molar-refractivity contribution in [3.63, 3.8) is 0 Å². The maximum Gasteiger partial charge on any atom is 0.387 e. The van der Waals surface area contributed by atoms with Gasteiger partial charge in [0.1, 0.15) is 5.75 Å². The van der Waals surface area contributed by atoms with Gasteiger partial charge in [-0.1, -0.05) is 32.0 Å². The van der Waals surface area contributed by atoms with Crippen LogP contribution in [0.1, 0.15) is 32.4 Å². The Labute approximate surface area is 117 Å². The third kappa shape index (κ3) is 4.45. The molecule has 2 unspecified atom stereocenters. The molecule has 3 N–H and O–H groups in total. The second kappa shape index (κ2) is 7.19. The molecule has 0 radical (unpaired) electrons. The lowest BCUT2D eigenvalue weighted by atomic mass is 10.0. The van der Waals surface area contributed by atoms with Crippen LogP contribution in [0.5, 0.6) is 5.75 Å². The first-order valence-corrected chi connectivity index (χ1v) is 6.42. The molecule has 1 rings (SSSR count). The first-order valence-electron chi connectivity index (χ1n) is 6.42. The van der Waals surface area contributed by atoms with E-state index in [9.17, 15) is 13.6 Å². The van der Waals surface area contributed by atoms with Crippen LogP contribution in [0.4, 0.5) is 8.78 Å². The van der Waals surface area contributed by atoms with Gasteiger partial charge in [-0.15, -0.1) is 0 Å². The molecule has 0 aromatic heterocycles. The maximum atomic E-state index is 12.3. The minimum absolute atomic E-state index is 0.00485. The van der Waals surface area contributed by atoms with Crippen molar-refractivity contribution < 1.29 is 18.3 Å². The van der Waals surface area contributed by atoms with Gasteiger partial charge in [-0.05, 0) is 18.9 Å². The van der Waals surface area contributed by atoms with E-state index in [4.69, 9.17) is 5.73 Å². The zero-order chi connectivity index (χ0) is 15.3. The Morgan fingerprint density at radius 3 is 2.40 bits per heavy atom. The van der Waals surface area contributed by atoms with Crippen LogP contribution in [0.3, 0.4) is 0 Å². The van der Waals surface area contributed by atoms with Crippen LogP contribution in [-0.2, 0) is 4.79 Å². The molecule has 112 valence electrons. The van der Waals surface area contributed by atoms with Crippen molar-refractivity contribution >= 4 is 5.91 Å². The van der Waals surface area contributed by atoms with Gasteiger partial charge in [0.25, 0.3) is 0 Å². The van der Waals surface area contributed by atoms with Gasteiger partial charge in [0.05, 0.1) is 12.1 Å². The molecule has 0 aliphatic carbocycles. The van der Waals surface area contributed by atoms with Crippen LogP contribution in [0.2, 0.25) is 0 Å². The number of carbonyl (C=O) groups is 1. The summed E-state index contributed by atoms with van der Waals surface area (Å²) in [5.41, 5.74) is 6.23. The molecule has 1 aromatic rings. The highest BCUT2D eigenvalue weighted by Gasteiger charge is 2.21. The van der Waals surface area contributed by atoms with Crippen molar-refractivity contribution in [3.8, 4) is 5.75 Å². The summed E-state index contributed by atoms with van der Waals surface area (Å²) in [6.07, 6.45) is 0. The smallest absolute Gasteiger partial charge is 0.387 e. The summed E-state index contributed by atoms with van der Waals surface area (Å²) in [6.45, 7) is 2.46. The zero-order valence-corrected chi connectivity index (χ0v) is 11.8. The highest BCUT2D eigenvalue weighted by atomic mass is 19.3. The normalized spacial score (nSPS) is 14.2. The summed E-state index contributed by atoms with van der Waals surface area (Å²) in [7, 11) is 0. The molecule has 1 aromatic carbocycles. The fourth-order valence-corrected chi connectivity index (χ4v) is 1.73. The summed E-state index contributed by atoms with van der Waals surface area (Å²) >= 11 is 0. The van der Waals surface area contributed by atoms with Crippen LogP contribution in [0.25, 0.3) is 0 Å². The lowest BCUT2D eigenvalue weighted by Gasteiger charge is -2.21. The van der Waals surface area contributed by atoms with Gasteiger partial charge >= 0.3 is 6.61 Å². The first kappa shape index (κ1) is 16.4. The summed E-state index contributed by atoms with van der Waals surface area (Å²) in [4.78, 5) is 11.9. The lowest BCUT2D eigenvalue weighted by molar-refractivity contribution is -0.123. The molecule has 0 aliphatic rings. The van der Waals surface area contributed by atoms with E-state index >= 15 is 0 Å². The van der Waals surface area contributed by atoms with Crippen LogP contribution in [0.15, 0.2) is 24.3 Å². The Bertz CT molecular complexity index is 453. The van der Waals surface area contributed by atoms with E-state index in [1.165, 1.54) is 6.07 Å². The van der Waals surface area contributed by atoms with Crippen LogP contribution >= 0.6 is 0 Å². The number of ether oxygens (including phenoxy) is 1. The van der Waals surface area contributed by atoms with Gasteiger partial charge in [0, 0.05) is 5.56 Å². The summed E-state index contributed by atoms with van der Waals surface area (Å²) in [6, 6.07) is 5.24. The molecule has 4 nitrogen and oxygen atoms in total. The van der Waals surface area contributed by atoms with Gasteiger partial charge in [0.15, 0.2) is 0 Å². The highest BCUT2D eigenvalue weighted by Crippen LogP contribution is 2.26. The second-order valence-electron chi connectivity index (χ2n) is 4.92. The molecule has 0 saturated heterocycles. The molecule has 0 spiro atoms. The Morgan fingerprint density at radius 2 is 1.85 bits per heavy atom. The SMILES string of the molecule is CC(NC(=O)C(N)C(C)C)c1ccccc1OC(F)F. The number of hydrogen-bond acceptors (Lipinski definition) is 3. The number of amides is 1. The average Bonchev–Trinajstić information content (AvgIpc) is 2.37. The second-order valence-corrected chi connectivity index (χ2v) is 4.92. The van der Waals surface area contributed by atoms with Crippen molar-refractivity contribution in [1.82, 2.24) is 5.32 Å². The monoisotopic (exact) mass is 286 g/mol. The predicted molar refractivity (Wildman–Crippen MR) is 72.4 cm³/mol. The molecule has 0 bridgehead atoms. The molecule has 0 saturated carbocycles. The van der Waals surface area contributed by atoms with Crippen LogP contribution in [-0.4, -0.2) is 18.6 Å². The molecular formula is C14H20F2N2O2. The Hall–Kier alpha value is -1.69. The number of rotatable bonds is 6. The number of para-hydroxylation sites is 1. The molecule has 0 fully saturated rings. The van der Waals surface area contributed by atoms with Gasteiger partial charge in [0.2, 0.25) is 5.91 Å². The number of hydrogen-bond donors (Lipinski definition) is 2. The molecule has 1 amide bonds. The van der Waals surface area contributed by atoms with Gasteiger partial charge in [-0.2, -0.15) is 8.78 Å². The third-order valence-electron chi connectivity index (χ3n) is 2.98. The van der Waals surface area contributed by atoms with Crippen molar-refractivity contribution in [1.29, 1.82) is 0 Å². The van der Waals surface area contributed by atoms with E-state index < -0.39 is 18.7 Å². The topological polar surface area (TPSA) is 64.4 Å². The molecule has 0 aliphatic heterocycles. The van der Waals surface area contributed by atoms with E-state index in [0.717, 1.165) is 0 Å². The quantitative estimate of drug-likeness (QED) is 0.844. The largest absolute Gasteiger partial charge is 0.434 e. The number of benzene rings is 1. The fourth-order valence-electron chi connectivity index (χ4n) is 1.73. The van der Waals surface area contributed by atoms with Gasteiger partial charge < -0.3 is 15.8 Å². The zero-order valence-electron chi connectivity index (χ0n) is 11.8. The van der Waals surface area contributed by atoms with E-state index in [2.05, 4.69) is 10.1 Å². The number of carbonyl (C=O) groups excluding carboxylic acids is 1. The standard InChI is InChI=1S/C14H20F2N2O2/c1-8(2)12(17)13(19)18-9(3)10-6-4-5-7-11(10)20-14(15)16/h4-9,12,14H,17H2,1-3H3,(H,18,19). The predicted octanol–water partition coefficient (Wildman–Crippen LogP) is 2.45. The summed E-state index contributed by atoms with van der Waals surface area (Å²) < 4.78 is 29.1. The molecular weight excluding hydrogens is 266 g/mol. The Kier molecular flexibility index (Phi) is 5.88. The first-order chi connectivity index (χ1) is 9.32. The van der Waals surface area contributed by atoms with Crippen molar-refractivity contribution in [3.05, 3.63) is 29.8 Å². The average molecular weight is 286 g/mol.